The van der Waals surface area contributed by atoms with Crippen molar-refractivity contribution in [3.63, 3.8) is 0 Å². The zero-order valence-electron chi connectivity index (χ0n) is 24.9. The van der Waals surface area contributed by atoms with E-state index in [-0.39, 0.29) is 0 Å². The number of hydrogen-bond acceptors (Lipinski definition) is 2. The maximum atomic E-state index is 8.78. The minimum atomic E-state index is 0.374. The molecule has 0 aromatic rings. The Kier molecular flexibility index (Phi) is 35.6. The fraction of sp³-hybridized carbons (Fsp3) is 1.00. The highest BCUT2D eigenvalue weighted by atomic mass is 32.1. The molecule has 218 valence electrons. The largest absolute Gasteiger partial charge is 0.396 e. The third kappa shape index (κ3) is 34.3. The molecule has 0 aromatic carbocycles. The second kappa shape index (κ2) is 35.3. The Balaban J connectivity index is 3.00. The zero-order chi connectivity index (χ0) is 26.0. The first-order chi connectivity index (χ1) is 17.9. The summed E-state index contributed by atoms with van der Waals surface area (Å²) in [5, 5.41) is 8.78. The van der Waals surface area contributed by atoms with Crippen LogP contribution in [0.3, 0.4) is 0 Å². The predicted molar refractivity (Wildman–Crippen MR) is 169 cm³/mol. The molecular formula is C34H70OS. The molecule has 36 heavy (non-hydrogen) atoms. The van der Waals surface area contributed by atoms with Gasteiger partial charge >= 0.3 is 0 Å². The highest BCUT2D eigenvalue weighted by Crippen LogP contribution is 2.16. The molecule has 2 heteroatoms. The van der Waals surface area contributed by atoms with Crippen LogP contribution in [0.4, 0.5) is 0 Å². The molecule has 0 aliphatic heterocycles. The van der Waals surface area contributed by atoms with E-state index >= 15 is 0 Å². The van der Waals surface area contributed by atoms with Gasteiger partial charge in [0.15, 0.2) is 0 Å². The molecule has 0 amide bonds. The summed E-state index contributed by atoms with van der Waals surface area (Å²) in [5.74, 6) is 1.07. The van der Waals surface area contributed by atoms with Crippen molar-refractivity contribution in [3.8, 4) is 0 Å². The second-order valence-corrected chi connectivity index (χ2v) is 12.2. The van der Waals surface area contributed by atoms with Crippen LogP contribution in [0.2, 0.25) is 0 Å². The van der Waals surface area contributed by atoms with Gasteiger partial charge in [0.05, 0.1) is 0 Å². The molecule has 0 aliphatic rings. The van der Waals surface area contributed by atoms with Crippen LogP contribution >= 0.6 is 12.6 Å². The summed E-state index contributed by atoms with van der Waals surface area (Å²) in [7, 11) is 0. The van der Waals surface area contributed by atoms with Crippen LogP contribution < -0.4 is 0 Å². The third-order valence-electron chi connectivity index (χ3n) is 8.07. The Morgan fingerprint density at radius 2 is 0.361 bits per heavy atom. The standard InChI is InChI=1S/C34H70OS/c35-33-31-29-27-25-23-21-19-17-15-13-11-9-7-5-3-1-2-4-6-8-10-12-14-16-18-20-22-24-26-28-30-32-34-36/h35-36H,1-34H2. The van der Waals surface area contributed by atoms with Gasteiger partial charge in [-0.3, -0.25) is 0 Å². The molecule has 0 spiro atoms. The first-order valence-corrected chi connectivity index (χ1v) is 17.8. The van der Waals surface area contributed by atoms with E-state index in [0.717, 1.165) is 12.2 Å². The van der Waals surface area contributed by atoms with Crippen LogP contribution in [0.15, 0.2) is 0 Å². The topological polar surface area (TPSA) is 20.2 Å². The van der Waals surface area contributed by atoms with Crippen molar-refractivity contribution in [2.45, 2.75) is 205 Å². The van der Waals surface area contributed by atoms with Gasteiger partial charge in [-0.05, 0) is 18.6 Å². The van der Waals surface area contributed by atoms with Crippen LogP contribution in [-0.2, 0) is 0 Å². The molecule has 0 atom stereocenters. The van der Waals surface area contributed by atoms with Crippen molar-refractivity contribution >= 4 is 12.6 Å². The van der Waals surface area contributed by atoms with Crippen molar-refractivity contribution in [2.75, 3.05) is 12.4 Å². The van der Waals surface area contributed by atoms with Gasteiger partial charge < -0.3 is 5.11 Å². The normalized spacial score (nSPS) is 11.5. The van der Waals surface area contributed by atoms with Gasteiger partial charge in [-0.1, -0.05) is 193 Å². The highest BCUT2D eigenvalue weighted by molar-refractivity contribution is 7.80. The lowest BCUT2D eigenvalue weighted by Gasteiger charge is -2.04. The fourth-order valence-electron chi connectivity index (χ4n) is 5.53. The van der Waals surface area contributed by atoms with E-state index in [9.17, 15) is 0 Å². The van der Waals surface area contributed by atoms with Crippen molar-refractivity contribution in [1.29, 1.82) is 0 Å². The summed E-state index contributed by atoms with van der Waals surface area (Å²) in [6.45, 7) is 0.374. The lowest BCUT2D eigenvalue weighted by molar-refractivity contribution is 0.282. The van der Waals surface area contributed by atoms with E-state index in [1.807, 2.05) is 0 Å². The Hall–Kier alpha value is 0.310. The van der Waals surface area contributed by atoms with Crippen molar-refractivity contribution in [2.24, 2.45) is 0 Å². The van der Waals surface area contributed by atoms with Gasteiger partial charge in [-0.25, -0.2) is 0 Å². The molecule has 0 aliphatic carbocycles. The molecule has 0 radical (unpaired) electrons. The molecule has 0 saturated heterocycles. The lowest BCUT2D eigenvalue weighted by atomic mass is 10.0. The summed E-state index contributed by atoms with van der Waals surface area (Å²) < 4.78 is 0. The van der Waals surface area contributed by atoms with Crippen LogP contribution in [0, 0.1) is 0 Å². The van der Waals surface area contributed by atoms with Gasteiger partial charge in [-0.15, -0.1) is 0 Å². The van der Waals surface area contributed by atoms with Crippen LogP contribution in [-0.4, -0.2) is 17.5 Å². The van der Waals surface area contributed by atoms with Gasteiger partial charge in [0.2, 0.25) is 0 Å². The molecule has 0 aromatic heterocycles. The number of hydrogen-bond donors (Lipinski definition) is 2. The van der Waals surface area contributed by atoms with Gasteiger partial charge in [0, 0.05) is 6.61 Å². The number of rotatable bonds is 33. The van der Waals surface area contributed by atoms with Gasteiger partial charge in [-0.2, -0.15) is 12.6 Å². The van der Waals surface area contributed by atoms with E-state index in [4.69, 9.17) is 5.11 Å². The van der Waals surface area contributed by atoms with Gasteiger partial charge in [0.1, 0.15) is 0 Å². The van der Waals surface area contributed by atoms with Crippen LogP contribution in [0.5, 0.6) is 0 Å². The Bertz CT molecular complexity index is 325. The lowest BCUT2D eigenvalue weighted by Crippen LogP contribution is -1.85. The predicted octanol–water partition coefficient (Wildman–Crippen LogP) is 12.4. The number of unbranched alkanes of at least 4 members (excludes halogenated alkanes) is 31. The SMILES string of the molecule is OCCCCCCCCCCCCCCCCCCCCCCCCCCCCCCCCCCS. The average molecular weight is 527 g/mol. The average Bonchev–Trinajstić information content (AvgIpc) is 2.89. The summed E-state index contributed by atoms with van der Waals surface area (Å²) in [4.78, 5) is 0. The Morgan fingerprint density at radius 3 is 0.500 bits per heavy atom. The van der Waals surface area contributed by atoms with Crippen molar-refractivity contribution < 1.29 is 5.11 Å². The molecular weight excluding hydrogens is 456 g/mol. The maximum absolute atomic E-state index is 8.78. The number of aliphatic hydroxyl groups is 1. The second-order valence-electron chi connectivity index (χ2n) is 11.8. The van der Waals surface area contributed by atoms with Crippen LogP contribution in [0.1, 0.15) is 205 Å². The first kappa shape index (κ1) is 36.3. The molecule has 0 saturated carbocycles. The Labute approximate surface area is 235 Å². The minimum Gasteiger partial charge on any atom is -0.396 e. The summed E-state index contributed by atoms with van der Waals surface area (Å²) in [6.07, 6.45) is 45.7. The summed E-state index contributed by atoms with van der Waals surface area (Å²) in [6, 6.07) is 0. The van der Waals surface area contributed by atoms with E-state index in [2.05, 4.69) is 12.6 Å². The third-order valence-corrected chi connectivity index (χ3v) is 8.38. The molecule has 1 nitrogen and oxygen atoms in total. The molecule has 0 heterocycles. The summed E-state index contributed by atoms with van der Waals surface area (Å²) in [5.41, 5.74) is 0. The first-order valence-electron chi connectivity index (χ1n) is 17.1. The summed E-state index contributed by atoms with van der Waals surface area (Å²) >= 11 is 4.28. The highest BCUT2D eigenvalue weighted by Gasteiger charge is 1.97. The van der Waals surface area contributed by atoms with Crippen LogP contribution in [0.25, 0.3) is 0 Å². The quantitative estimate of drug-likeness (QED) is 0.0643. The van der Waals surface area contributed by atoms with E-state index in [1.165, 1.54) is 199 Å². The molecule has 0 bridgehead atoms. The fourth-order valence-corrected chi connectivity index (χ4v) is 5.75. The maximum Gasteiger partial charge on any atom is 0.0431 e. The van der Waals surface area contributed by atoms with Crippen molar-refractivity contribution in [3.05, 3.63) is 0 Å². The van der Waals surface area contributed by atoms with E-state index in [0.29, 0.717) is 6.61 Å². The molecule has 0 unspecified atom stereocenters. The Morgan fingerprint density at radius 1 is 0.222 bits per heavy atom. The van der Waals surface area contributed by atoms with E-state index < -0.39 is 0 Å². The number of thiol groups is 1. The monoisotopic (exact) mass is 527 g/mol. The van der Waals surface area contributed by atoms with E-state index in [1.54, 1.807) is 0 Å². The van der Waals surface area contributed by atoms with Crippen molar-refractivity contribution in [1.82, 2.24) is 0 Å². The number of aliphatic hydroxyl groups excluding tert-OH is 1. The molecule has 0 rings (SSSR count). The molecule has 0 fully saturated rings. The smallest absolute Gasteiger partial charge is 0.0431 e. The minimum absolute atomic E-state index is 0.374. The van der Waals surface area contributed by atoms with Gasteiger partial charge in [0.25, 0.3) is 0 Å². The molecule has 1 N–H and O–H groups in total. The zero-order valence-corrected chi connectivity index (χ0v) is 25.8.